The van der Waals surface area contributed by atoms with Crippen molar-refractivity contribution < 1.29 is 28.7 Å². The van der Waals surface area contributed by atoms with Gasteiger partial charge in [0.15, 0.2) is 12.4 Å². The van der Waals surface area contributed by atoms with Gasteiger partial charge < -0.3 is 19.9 Å². The first-order chi connectivity index (χ1) is 15.8. The maximum absolute atomic E-state index is 12.0. The summed E-state index contributed by atoms with van der Waals surface area (Å²) < 4.78 is 11.3. The van der Waals surface area contributed by atoms with E-state index in [1.165, 1.54) is 35.1 Å². The second-order valence-corrected chi connectivity index (χ2v) is 6.31. The second kappa shape index (κ2) is 10.4. The summed E-state index contributed by atoms with van der Waals surface area (Å²) in [6, 6.07) is 5.25. The molecule has 0 bridgehead atoms. The number of carbonyl (C=O) groups is 2. The van der Waals surface area contributed by atoms with Gasteiger partial charge in [0.1, 0.15) is 24.7 Å². The molecule has 0 spiro atoms. The molecular weight excluding hydrogens is 444 g/mol. The minimum absolute atomic E-state index is 0.0323. The predicted octanol–water partition coefficient (Wildman–Crippen LogP) is 0.0558. The molecular formula is C17H16N8O8. The van der Waals surface area contributed by atoms with E-state index in [0.717, 1.165) is 6.20 Å². The Morgan fingerprint density at radius 2 is 1.76 bits per heavy atom. The number of non-ortho nitro benzene ring substituents is 1. The molecule has 1 aromatic carbocycles. The molecule has 0 atom stereocenters. The van der Waals surface area contributed by atoms with Gasteiger partial charge in [0, 0.05) is 25.2 Å². The zero-order valence-corrected chi connectivity index (χ0v) is 16.7. The molecule has 172 valence electrons. The van der Waals surface area contributed by atoms with Crippen LogP contribution >= 0.6 is 0 Å². The standard InChI is InChI=1S/C17H16N8O8/c26-15(10-32-13-3-1-11(2-4-13)24(28)29)18-5-6-19-16(27)17-21-14(22-33-17)9-23-8-12(7-20-23)25(30)31/h1-4,7-8H,5-6,9-10H2,(H,18,26)(H,19,27). The molecule has 2 aromatic heterocycles. The van der Waals surface area contributed by atoms with E-state index >= 15 is 0 Å². The molecule has 3 aromatic rings. The van der Waals surface area contributed by atoms with Crippen molar-refractivity contribution in [3.63, 3.8) is 0 Å². The minimum atomic E-state index is -0.670. The number of hydrogen-bond donors (Lipinski definition) is 2. The number of carbonyl (C=O) groups excluding carboxylic acids is 2. The summed E-state index contributed by atoms with van der Waals surface area (Å²) in [5.41, 5.74) is -0.294. The smallest absolute Gasteiger partial charge is 0.316 e. The van der Waals surface area contributed by atoms with Crippen molar-refractivity contribution in [3.8, 4) is 5.75 Å². The molecule has 0 saturated carbocycles. The van der Waals surface area contributed by atoms with Crippen molar-refractivity contribution in [2.75, 3.05) is 19.7 Å². The largest absolute Gasteiger partial charge is 0.484 e. The zero-order chi connectivity index (χ0) is 23.8. The molecule has 2 heterocycles. The monoisotopic (exact) mass is 460 g/mol. The first-order valence-corrected chi connectivity index (χ1v) is 9.23. The summed E-state index contributed by atoms with van der Waals surface area (Å²) in [4.78, 5) is 47.8. The molecule has 16 nitrogen and oxygen atoms in total. The van der Waals surface area contributed by atoms with Crippen LogP contribution in [-0.2, 0) is 11.3 Å². The number of nitrogens with zero attached hydrogens (tertiary/aromatic N) is 6. The van der Waals surface area contributed by atoms with E-state index < -0.39 is 21.7 Å². The van der Waals surface area contributed by atoms with Gasteiger partial charge in [-0.2, -0.15) is 10.1 Å². The van der Waals surface area contributed by atoms with Crippen LogP contribution in [0.2, 0.25) is 0 Å². The fourth-order valence-electron chi connectivity index (χ4n) is 2.41. The maximum atomic E-state index is 12.0. The van der Waals surface area contributed by atoms with Gasteiger partial charge in [0.2, 0.25) is 0 Å². The average Bonchev–Trinajstić information content (AvgIpc) is 3.46. The number of amides is 2. The summed E-state index contributed by atoms with van der Waals surface area (Å²) in [6.07, 6.45) is 2.25. The van der Waals surface area contributed by atoms with E-state index in [1.807, 2.05) is 0 Å². The first-order valence-electron chi connectivity index (χ1n) is 9.23. The van der Waals surface area contributed by atoms with Crippen LogP contribution in [0, 0.1) is 20.2 Å². The number of nitro groups is 2. The van der Waals surface area contributed by atoms with Gasteiger partial charge in [-0.1, -0.05) is 5.16 Å². The lowest BCUT2D eigenvalue weighted by atomic mass is 10.3. The van der Waals surface area contributed by atoms with Crippen LogP contribution in [0.25, 0.3) is 0 Å². The highest BCUT2D eigenvalue weighted by Gasteiger charge is 2.16. The molecule has 0 unspecified atom stereocenters. The molecule has 16 heteroatoms. The van der Waals surface area contributed by atoms with E-state index in [4.69, 9.17) is 9.26 Å². The van der Waals surface area contributed by atoms with Gasteiger partial charge in [0.25, 0.3) is 11.6 Å². The number of benzene rings is 1. The van der Waals surface area contributed by atoms with E-state index in [2.05, 4.69) is 25.9 Å². The lowest BCUT2D eigenvalue weighted by Gasteiger charge is -2.07. The summed E-state index contributed by atoms with van der Waals surface area (Å²) in [6.45, 7) is -0.197. The molecule has 33 heavy (non-hydrogen) atoms. The molecule has 0 aliphatic rings. The predicted molar refractivity (Wildman–Crippen MR) is 106 cm³/mol. The van der Waals surface area contributed by atoms with Crippen molar-refractivity contribution in [1.82, 2.24) is 30.6 Å². The van der Waals surface area contributed by atoms with Crippen LogP contribution in [0.3, 0.4) is 0 Å². The van der Waals surface area contributed by atoms with Crippen LogP contribution in [0.4, 0.5) is 11.4 Å². The SMILES string of the molecule is O=C(COc1ccc([N+](=O)[O-])cc1)NCCNC(=O)c1nc(Cn2cc([N+](=O)[O-])cn2)no1. The lowest BCUT2D eigenvalue weighted by molar-refractivity contribution is -0.385. The quantitative estimate of drug-likeness (QED) is 0.222. The van der Waals surface area contributed by atoms with Crippen molar-refractivity contribution in [3.05, 3.63) is 68.6 Å². The molecule has 0 saturated heterocycles. The van der Waals surface area contributed by atoms with Crippen LogP contribution in [0.15, 0.2) is 41.2 Å². The van der Waals surface area contributed by atoms with Gasteiger partial charge in [-0.3, -0.25) is 34.5 Å². The third-order valence-corrected chi connectivity index (χ3v) is 3.95. The fraction of sp³-hybridized carbons (Fsp3) is 0.235. The van der Waals surface area contributed by atoms with Crippen molar-refractivity contribution in [2.45, 2.75) is 6.54 Å². The fourth-order valence-corrected chi connectivity index (χ4v) is 2.41. The highest BCUT2D eigenvalue weighted by molar-refractivity contribution is 5.89. The second-order valence-electron chi connectivity index (χ2n) is 6.31. The number of hydrogen-bond acceptors (Lipinski definition) is 11. The molecule has 0 aliphatic carbocycles. The third kappa shape index (κ3) is 6.54. The Morgan fingerprint density at radius 1 is 1.06 bits per heavy atom. The van der Waals surface area contributed by atoms with Gasteiger partial charge in [-0.05, 0) is 12.1 Å². The van der Waals surface area contributed by atoms with Gasteiger partial charge in [-0.25, -0.2) is 0 Å². The van der Waals surface area contributed by atoms with Crippen LogP contribution in [-0.4, -0.2) is 61.3 Å². The summed E-state index contributed by atoms with van der Waals surface area (Å²) in [5.74, 6) is -1.07. The van der Waals surface area contributed by atoms with E-state index in [0.29, 0.717) is 5.75 Å². The van der Waals surface area contributed by atoms with Gasteiger partial charge in [0.05, 0.1) is 9.85 Å². The van der Waals surface area contributed by atoms with Crippen LogP contribution in [0.1, 0.15) is 16.5 Å². The highest BCUT2D eigenvalue weighted by atomic mass is 16.6. The molecule has 0 radical (unpaired) electrons. The minimum Gasteiger partial charge on any atom is -0.484 e. The molecule has 0 fully saturated rings. The maximum Gasteiger partial charge on any atom is 0.316 e. The summed E-state index contributed by atoms with van der Waals surface area (Å²) in [7, 11) is 0. The molecule has 2 amide bonds. The lowest BCUT2D eigenvalue weighted by Crippen LogP contribution is -2.36. The normalized spacial score (nSPS) is 10.4. The molecule has 2 N–H and O–H groups in total. The van der Waals surface area contributed by atoms with E-state index in [-0.39, 0.29) is 49.3 Å². The van der Waals surface area contributed by atoms with E-state index in [9.17, 15) is 29.8 Å². The van der Waals surface area contributed by atoms with Gasteiger partial charge >= 0.3 is 17.5 Å². The molecule has 3 rings (SSSR count). The topological polar surface area (TPSA) is 210 Å². The Balaban J connectivity index is 1.35. The highest BCUT2D eigenvalue weighted by Crippen LogP contribution is 2.17. The first kappa shape index (κ1) is 22.8. The Morgan fingerprint density at radius 3 is 2.42 bits per heavy atom. The average molecular weight is 460 g/mol. The van der Waals surface area contributed by atoms with Crippen LogP contribution < -0.4 is 15.4 Å². The number of rotatable bonds is 11. The summed E-state index contributed by atoms with van der Waals surface area (Å²) in [5, 5.41) is 33.6. The molecule has 0 aliphatic heterocycles. The van der Waals surface area contributed by atoms with Crippen molar-refractivity contribution >= 4 is 23.2 Å². The Labute approximate surface area is 183 Å². The number of nitrogens with one attached hydrogen (secondary N) is 2. The van der Waals surface area contributed by atoms with E-state index in [1.54, 1.807) is 0 Å². The third-order valence-electron chi connectivity index (χ3n) is 3.95. The zero-order valence-electron chi connectivity index (χ0n) is 16.7. The Bertz CT molecular complexity index is 1160. The Kier molecular flexibility index (Phi) is 7.20. The van der Waals surface area contributed by atoms with Crippen molar-refractivity contribution in [2.24, 2.45) is 0 Å². The number of nitro benzene ring substituents is 1. The number of ether oxygens (including phenoxy) is 1. The summed E-state index contributed by atoms with van der Waals surface area (Å²) >= 11 is 0. The number of aromatic nitrogens is 4. The van der Waals surface area contributed by atoms with Gasteiger partial charge in [-0.15, -0.1) is 0 Å². The van der Waals surface area contributed by atoms with Crippen LogP contribution in [0.5, 0.6) is 5.75 Å². The Hall–Kier alpha value is -4.89. The van der Waals surface area contributed by atoms with Crippen molar-refractivity contribution in [1.29, 1.82) is 0 Å².